The number of ether oxygens (including phenoxy) is 1. The first-order valence-corrected chi connectivity index (χ1v) is 10.4. The summed E-state index contributed by atoms with van der Waals surface area (Å²) < 4.78 is 6.03. The van der Waals surface area contributed by atoms with Crippen LogP contribution in [0.2, 0.25) is 5.02 Å². The van der Waals surface area contributed by atoms with Crippen LogP contribution in [-0.4, -0.2) is 36.2 Å². The Hall–Kier alpha value is -0.830. The van der Waals surface area contributed by atoms with E-state index >= 15 is 0 Å². The van der Waals surface area contributed by atoms with E-state index in [4.69, 9.17) is 16.3 Å². The largest absolute Gasteiger partial charge is 0.375 e. The number of benzene rings is 1. The molecule has 0 saturated carbocycles. The standard InChI is InChI=1S/C23H36ClNO/c1-17(2)15-21(25-13-11-22(12-14-25)26-18(3)4)16-23(5,6)19-7-9-20(24)10-8-19/h7-10,15,18,21-22H,11-14,16H2,1-6H3. The highest BCUT2D eigenvalue weighted by molar-refractivity contribution is 6.30. The third-order valence-electron chi connectivity index (χ3n) is 5.28. The molecular weight excluding hydrogens is 342 g/mol. The van der Waals surface area contributed by atoms with Crippen molar-refractivity contribution in [3.63, 3.8) is 0 Å². The van der Waals surface area contributed by atoms with Gasteiger partial charge >= 0.3 is 0 Å². The van der Waals surface area contributed by atoms with Gasteiger partial charge in [-0.1, -0.05) is 49.2 Å². The summed E-state index contributed by atoms with van der Waals surface area (Å²) in [7, 11) is 0. The van der Waals surface area contributed by atoms with Crippen molar-refractivity contribution >= 4 is 11.6 Å². The Bertz CT molecular complexity index is 579. The Labute approximate surface area is 165 Å². The summed E-state index contributed by atoms with van der Waals surface area (Å²) in [5.41, 5.74) is 2.85. The fourth-order valence-corrected chi connectivity index (χ4v) is 4.07. The first kappa shape index (κ1) is 21.5. The average Bonchev–Trinajstić information content (AvgIpc) is 2.54. The lowest BCUT2D eigenvalue weighted by atomic mass is 9.78. The van der Waals surface area contributed by atoms with Crippen LogP contribution in [0.25, 0.3) is 0 Å². The molecule has 1 saturated heterocycles. The van der Waals surface area contributed by atoms with Crippen LogP contribution >= 0.6 is 11.6 Å². The van der Waals surface area contributed by atoms with Crippen molar-refractivity contribution in [2.45, 2.75) is 84.5 Å². The van der Waals surface area contributed by atoms with Gasteiger partial charge < -0.3 is 4.74 Å². The molecule has 3 heteroatoms. The number of rotatable bonds is 7. The molecule has 2 nitrogen and oxygen atoms in total. The highest BCUT2D eigenvalue weighted by Gasteiger charge is 2.30. The SMILES string of the molecule is CC(C)=CC(CC(C)(C)c1ccc(Cl)cc1)N1CCC(OC(C)C)CC1. The van der Waals surface area contributed by atoms with Crippen molar-refractivity contribution in [2.75, 3.05) is 13.1 Å². The van der Waals surface area contributed by atoms with Gasteiger partial charge in [-0.3, -0.25) is 4.90 Å². The van der Waals surface area contributed by atoms with Gasteiger partial charge in [0.05, 0.1) is 12.2 Å². The Morgan fingerprint density at radius 3 is 2.27 bits per heavy atom. The molecule has 1 fully saturated rings. The van der Waals surface area contributed by atoms with Crippen molar-refractivity contribution in [3.8, 4) is 0 Å². The van der Waals surface area contributed by atoms with Gasteiger partial charge in [0.1, 0.15) is 0 Å². The van der Waals surface area contributed by atoms with E-state index in [1.807, 2.05) is 12.1 Å². The summed E-state index contributed by atoms with van der Waals surface area (Å²) in [5.74, 6) is 0. The van der Waals surface area contributed by atoms with Gasteiger partial charge in [-0.15, -0.1) is 0 Å². The van der Waals surface area contributed by atoms with Crippen molar-refractivity contribution in [2.24, 2.45) is 0 Å². The van der Waals surface area contributed by atoms with E-state index in [0.29, 0.717) is 18.2 Å². The van der Waals surface area contributed by atoms with Gasteiger partial charge in [0.2, 0.25) is 0 Å². The zero-order chi connectivity index (χ0) is 19.3. The Morgan fingerprint density at radius 1 is 1.19 bits per heavy atom. The Balaban J connectivity index is 2.08. The molecule has 1 aliphatic heterocycles. The minimum absolute atomic E-state index is 0.104. The number of hydrogen-bond acceptors (Lipinski definition) is 2. The van der Waals surface area contributed by atoms with Crippen molar-refractivity contribution < 1.29 is 4.74 Å². The molecule has 1 atom stereocenters. The summed E-state index contributed by atoms with van der Waals surface area (Å²) in [5, 5.41) is 0.803. The van der Waals surface area contributed by atoms with Gasteiger partial charge in [0.15, 0.2) is 0 Å². The van der Waals surface area contributed by atoms with Crippen LogP contribution in [0.1, 0.15) is 66.4 Å². The summed E-state index contributed by atoms with van der Waals surface area (Å²) in [6.45, 7) is 15.6. The van der Waals surface area contributed by atoms with E-state index in [-0.39, 0.29) is 5.41 Å². The van der Waals surface area contributed by atoms with Crippen LogP contribution in [0.5, 0.6) is 0 Å². The fraction of sp³-hybridized carbons (Fsp3) is 0.652. The molecule has 1 aromatic rings. The smallest absolute Gasteiger partial charge is 0.0603 e. The molecule has 1 unspecified atom stereocenters. The maximum atomic E-state index is 6.08. The van der Waals surface area contributed by atoms with E-state index in [2.05, 4.69) is 64.7 Å². The van der Waals surface area contributed by atoms with E-state index in [9.17, 15) is 0 Å². The zero-order valence-electron chi connectivity index (χ0n) is 17.4. The molecule has 0 aromatic heterocycles. The molecule has 1 aromatic carbocycles. The van der Waals surface area contributed by atoms with Crippen LogP contribution in [0.4, 0.5) is 0 Å². The summed E-state index contributed by atoms with van der Waals surface area (Å²) >= 11 is 6.08. The van der Waals surface area contributed by atoms with Crippen LogP contribution in [0.15, 0.2) is 35.9 Å². The predicted molar refractivity (Wildman–Crippen MR) is 113 cm³/mol. The lowest BCUT2D eigenvalue weighted by molar-refractivity contribution is -0.0316. The van der Waals surface area contributed by atoms with Crippen molar-refractivity contribution in [1.82, 2.24) is 4.90 Å². The molecule has 0 aliphatic carbocycles. The summed E-state index contributed by atoms with van der Waals surface area (Å²) in [4.78, 5) is 2.64. The molecule has 1 aliphatic rings. The Morgan fingerprint density at radius 2 is 1.77 bits per heavy atom. The third-order valence-corrected chi connectivity index (χ3v) is 5.53. The highest BCUT2D eigenvalue weighted by Crippen LogP contribution is 2.32. The minimum Gasteiger partial charge on any atom is -0.375 e. The zero-order valence-corrected chi connectivity index (χ0v) is 18.1. The van der Waals surface area contributed by atoms with Gasteiger partial charge in [-0.05, 0) is 70.1 Å². The van der Waals surface area contributed by atoms with E-state index in [1.165, 1.54) is 11.1 Å². The van der Waals surface area contributed by atoms with Crippen LogP contribution in [0.3, 0.4) is 0 Å². The maximum Gasteiger partial charge on any atom is 0.0603 e. The summed E-state index contributed by atoms with van der Waals surface area (Å²) in [6.07, 6.45) is 6.56. The van der Waals surface area contributed by atoms with Crippen LogP contribution < -0.4 is 0 Å². The second-order valence-corrected chi connectivity index (χ2v) is 9.26. The van der Waals surface area contributed by atoms with E-state index < -0.39 is 0 Å². The van der Waals surface area contributed by atoms with Crippen molar-refractivity contribution in [1.29, 1.82) is 0 Å². The molecule has 0 amide bonds. The third kappa shape index (κ3) is 6.40. The van der Waals surface area contributed by atoms with Gasteiger partial charge in [-0.25, -0.2) is 0 Å². The first-order chi connectivity index (χ1) is 12.2. The number of allylic oxidation sites excluding steroid dienone is 1. The van der Waals surface area contributed by atoms with Crippen LogP contribution in [0, 0.1) is 0 Å². The Kier molecular flexibility index (Phi) is 7.76. The molecule has 2 rings (SSSR count). The predicted octanol–water partition coefficient (Wildman–Crippen LogP) is 6.23. The molecule has 0 spiro atoms. The van der Waals surface area contributed by atoms with Gasteiger partial charge in [0.25, 0.3) is 0 Å². The quantitative estimate of drug-likeness (QED) is 0.522. The molecule has 146 valence electrons. The fourth-order valence-electron chi connectivity index (χ4n) is 3.95. The summed E-state index contributed by atoms with van der Waals surface area (Å²) in [6, 6.07) is 8.81. The lowest BCUT2D eigenvalue weighted by Gasteiger charge is -2.40. The number of piperidine rings is 1. The second-order valence-electron chi connectivity index (χ2n) is 8.83. The van der Waals surface area contributed by atoms with E-state index in [1.54, 1.807) is 0 Å². The molecule has 0 radical (unpaired) electrons. The van der Waals surface area contributed by atoms with Gasteiger partial charge in [-0.2, -0.15) is 0 Å². The monoisotopic (exact) mass is 377 g/mol. The minimum atomic E-state index is 0.104. The molecule has 0 N–H and O–H groups in total. The second kappa shape index (κ2) is 9.39. The normalized spacial score (nSPS) is 18.2. The number of hydrogen-bond donors (Lipinski definition) is 0. The van der Waals surface area contributed by atoms with E-state index in [0.717, 1.165) is 37.4 Å². The number of likely N-dealkylation sites (tertiary alicyclic amines) is 1. The van der Waals surface area contributed by atoms with Gasteiger partial charge in [0, 0.05) is 24.2 Å². The lowest BCUT2D eigenvalue weighted by Crippen LogP contribution is -2.45. The maximum absolute atomic E-state index is 6.08. The molecular formula is C23H36ClNO. The molecule has 0 bridgehead atoms. The highest BCUT2D eigenvalue weighted by atomic mass is 35.5. The number of halogens is 1. The average molecular weight is 378 g/mol. The topological polar surface area (TPSA) is 12.5 Å². The number of nitrogens with zero attached hydrogens (tertiary/aromatic N) is 1. The first-order valence-electron chi connectivity index (χ1n) is 9.98. The molecule has 1 heterocycles. The van der Waals surface area contributed by atoms with Crippen LogP contribution in [-0.2, 0) is 10.2 Å². The molecule has 26 heavy (non-hydrogen) atoms. The van der Waals surface area contributed by atoms with Crippen molar-refractivity contribution in [3.05, 3.63) is 46.5 Å².